The van der Waals surface area contributed by atoms with Gasteiger partial charge in [0.2, 0.25) is 0 Å². The van der Waals surface area contributed by atoms with Crippen LogP contribution in [0.1, 0.15) is 12.5 Å². The van der Waals surface area contributed by atoms with Crippen LogP contribution in [0.5, 0.6) is 5.75 Å². The Morgan fingerprint density at radius 2 is 1.84 bits per heavy atom. The molecule has 0 bridgehead atoms. The fourth-order valence-corrected chi connectivity index (χ4v) is 3.55. The van der Waals surface area contributed by atoms with Crippen molar-refractivity contribution < 1.29 is 14.6 Å². The zero-order chi connectivity index (χ0) is 22.7. The summed E-state index contributed by atoms with van der Waals surface area (Å²) in [7, 11) is 0. The second kappa shape index (κ2) is 9.15. The molecule has 0 saturated carbocycles. The van der Waals surface area contributed by atoms with Crippen molar-refractivity contribution in [3.63, 3.8) is 0 Å². The summed E-state index contributed by atoms with van der Waals surface area (Å²) in [5, 5.41) is 13.9. The lowest BCUT2D eigenvalue weighted by molar-refractivity contribution is -0.144. The van der Waals surface area contributed by atoms with Crippen molar-refractivity contribution in [1.82, 2.24) is 9.66 Å². The van der Waals surface area contributed by atoms with E-state index in [9.17, 15) is 9.59 Å². The van der Waals surface area contributed by atoms with E-state index in [-0.39, 0.29) is 5.56 Å². The summed E-state index contributed by atoms with van der Waals surface area (Å²) in [5.74, 6) is -0.231. The number of ether oxygens (including phenoxy) is 1. The molecule has 0 amide bonds. The van der Waals surface area contributed by atoms with Crippen molar-refractivity contribution in [1.29, 1.82) is 0 Å². The highest BCUT2D eigenvalue weighted by atomic mass is 79.9. The van der Waals surface area contributed by atoms with E-state index in [1.54, 1.807) is 42.6 Å². The Bertz CT molecular complexity index is 1380. The van der Waals surface area contributed by atoms with E-state index in [0.717, 1.165) is 5.56 Å². The van der Waals surface area contributed by atoms with E-state index >= 15 is 0 Å². The maximum Gasteiger partial charge on any atom is 0.344 e. The SMILES string of the molecule is C[C@@H](Oc1ccc(C=Nn2c(-c3ccccc3)nc3ccccc3c2=O)cc1Br)C(=O)O. The van der Waals surface area contributed by atoms with Crippen molar-refractivity contribution in [2.75, 3.05) is 0 Å². The molecule has 0 aliphatic carbocycles. The van der Waals surface area contributed by atoms with Crippen LogP contribution in [0.2, 0.25) is 0 Å². The van der Waals surface area contributed by atoms with Crippen LogP contribution in [0.3, 0.4) is 0 Å². The number of carboxylic acid groups (broad SMARTS) is 1. The molecule has 1 heterocycles. The zero-order valence-electron chi connectivity index (χ0n) is 17.0. The predicted octanol–water partition coefficient (Wildman–Crippen LogP) is 4.56. The highest BCUT2D eigenvalue weighted by Crippen LogP contribution is 2.26. The molecule has 1 atom stereocenters. The Labute approximate surface area is 191 Å². The van der Waals surface area contributed by atoms with Gasteiger partial charge < -0.3 is 9.84 Å². The summed E-state index contributed by atoms with van der Waals surface area (Å²) < 4.78 is 7.26. The van der Waals surface area contributed by atoms with Crippen LogP contribution < -0.4 is 10.3 Å². The molecule has 0 aliphatic rings. The standard InChI is InChI=1S/C24H18BrN3O4/c1-15(24(30)31)32-21-12-11-16(13-19(21)25)14-26-28-22(17-7-3-2-4-8-17)27-20-10-6-5-9-18(20)23(28)29/h2-15H,1H3,(H,30,31)/t15-/m1/s1. The van der Waals surface area contributed by atoms with Crippen LogP contribution in [0.15, 0.2) is 87.2 Å². The van der Waals surface area contributed by atoms with E-state index in [1.807, 2.05) is 36.4 Å². The normalized spacial score (nSPS) is 12.2. The number of hydrogen-bond acceptors (Lipinski definition) is 5. The molecule has 1 aromatic heterocycles. The fraction of sp³-hybridized carbons (Fsp3) is 0.0833. The van der Waals surface area contributed by atoms with E-state index in [4.69, 9.17) is 9.84 Å². The van der Waals surface area contributed by atoms with Gasteiger partial charge in [0, 0.05) is 5.56 Å². The van der Waals surface area contributed by atoms with Crippen molar-refractivity contribution >= 4 is 39.0 Å². The number of para-hydroxylation sites is 1. The third-order valence-corrected chi connectivity index (χ3v) is 5.34. The average Bonchev–Trinajstić information content (AvgIpc) is 2.80. The molecule has 8 heteroatoms. The lowest BCUT2D eigenvalue weighted by Crippen LogP contribution is -2.23. The van der Waals surface area contributed by atoms with Gasteiger partial charge in [-0.1, -0.05) is 42.5 Å². The molecule has 1 N–H and O–H groups in total. The van der Waals surface area contributed by atoms with E-state index in [1.165, 1.54) is 11.6 Å². The molecule has 0 aliphatic heterocycles. The molecular weight excluding hydrogens is 474 g/mol. The van der Waals surface area contributed by atoms with Crippen molar-refractivity contribution in [2.45, 2.75) is 13.0 Å². The number of aliphatic carboxylic acids is 1. The number of benzene rings is 3. The maximum atomic E-state index is 13.2. The molecule has 0 fully saturated rings. The van der Waals surface area contributed by atoms with Crippen LogP contribution in [-0.2, 0) is 4.79 Å². The number of aromatic nitrogens is 2. The van der Waals surface area contributed by atoms with Gasteiger partial charge in [0.25, 0.3) is 5.56 Å². The number of nitrogens with zero attached hydrogens (tertiary/aromatic N) is 3. The van der Waals surface area contributed by atoms with Gasteiger partial charge >= 0.3 is 5.97 Å². The number of fused-ring (bicyclic) bond motifs is 1. The molecule has 0 radical (unpaired) electrons. The molecule has 32 heavy (non-hydrogen) atoms. The lowest BCUT2D eigenvalue weighted by atomic mass is 10.2. The minimum Gasteiger partial charge on any atom is -0.479 e. The third kappa shape index (κ3) is 4.45. The second-order valence-corrected chi connectivity index (χ2v) is 7.82. The summed E-state index contributed by atoms with van der Waals surface area (Å²) in [6.07, 6.45) is 0.556. The van der Waals surface area contributed by atoms with Gasteiger partial charge in [0.1, 0.15) is 5.75 Å². The monoisotopic (exact) mass is 491 g/mol. The Hall–Kier alpha value is -3.78. The predicted molar refractivity (Wildman–Crippen MR) is 126 cm³/mol. The highest BCUT2D eigenvalue weighted by molar-refractivity contribution is 9.10. The second-order valence-electron chi connectivity index (χ2n) is 6.97. The van der Waals surface area contributed by atoms with Gasteiger partial charge in [-0.05, 0) is 58.7 Å². The molecule has 0 spiro atoms. The zero-order valence-corrected chi connectivity index (χ0v) is 18.6. The number of carboxylic acids is 1. The number of rotatable bonds is 6. The van der Waals surface area contributed by atoms with Gasteiger partial charge in [0.05, 0.1) is 21.6 Å². The summed E-state index contributed by atoms with van der Waals surface area (Å²) in [6.45, 7) is 1.45. The topological polar surface area (TPSA) is 93.8 Å². The quantitative estimate of drug-likeness (QED) is 0.399. The number of hydrogen-bond donors (Lipinski definition) is 1. The Morgan fingerprint density at radius 3 is 2.56 bits per heavy atom. The fourth-order valence-electron chi connectivity index (χ4n) is 3.06. The van der Waals surface area contributed by atoms with Gasteiger partial charge in [-0.15, -0.1) is 0 Å². The molecule has 4 rings (SSSR count). The summed E-state index contributed by atoms with van der Waals surface area (Å²) >= 11 is 3.39. The van der Waals surface area contributed by atoms with Crippen molar-refractivity contribution in [2.24, 2.45) is 5.10 Å². The van der Waals surface area contributed by atoms with Crippen LogP contribution in [-0.4, -0.2) is 33.1 Å². The van der Waals surface area contributed by atoms with Crippen LogP contribution >= 0.6 is 15.9 Å². The molecule has 7 nitrogen and oxygen atoms in total. The van der Waals surface area contributed by atoms with Crippen LogP contribution in [0, 0.1) is 0 Å². The largest absolute Gasteiger partial charge is 0.479 e. The maximum absolute atomic E-state index is 13.2. The Morgan fingerprint density at radius 1 is 1.12 bits per heavy atom. The van der Waals surface area contributed by atoms with Crippen molar-refractivity contribution in [3.8, 4) is 17.1 Å². The first-order valence-corrected chi connectivity index (χ1v) is 10.5. The van der Waals surface area contributed by atoms with Gasteiger partial charge in [-0.3, -0.25) is 4.79 Å². The summed E-state index contributed by atoms with van der Waals surface area (Å²) in [5.41, 5.74) is 1.77. The van der Waals surface area contributed by atoms with E-state index in [0.29, 0.717) is 32.5 Å². The first-order chi connectivity index (χ1) is 15.4. The minimum absolute atomic E-state index is 0.278. The molecule has 160 valence electrons. The van der Waals surface area contributed by atoms with E-state index < -0.39 is 12.1 Å². The Kier molecular flexibility index (Phi) is 6.13. The molecular formula is C24H18BrN3O4. The molecule has 4 aromatic rings. The van der Waals surface area contributed by atoms with Crippen LogP contribution in [0.4, 0.5) is 0 Å². The smallest absolute Gasteiger partial charge is 0.344 e. The van der Waals surface area contributed by atoms with Gasteiger partial charge in [-0.25, -0.2) is 9.78 Å². The Balaban J connectivity index is 1.75. The average molecular weight is 492 g/mol. The van der Waals surface area contributed by atoms with Crippen LogP contribution in [0.25, 0.3) is 22.3 Å². The number of carbonyl (C=O) groups is 1. The molecule has 0 saturated heterocycles. The summed E-state index contributed by atoms with van der Waals surface area (Å²) in [6, 6.07) is 21.6. The minimum atomic E-state index is -1.06. The van der Waals surface area contributed by atoms with E-state index in [2.05, 4.69) is 26.0 Å². The van der Waals surface area contributed by atoms with Gasteiger partial charge in [-0.2, -0.15) is 9.78 Å². The first kappa shape index (κ1) is 21.5. The third-order valence-electron chi connectivity index (χ3n) is 4.72. The lowest BCUT2D eigenvalue weighted by Gasteiger charge is -2.12. The molecule has 0 unspecified atom stereocenters. The highest BCUT2D eigenvalue weighted by Gasteiger charge is 2.15. The van der Waals surface area contributed by atoms with Gasteiger partial charge in [0.15, 0.2) is 11.9 Å². The van der Waals surface area contributed by atoms with Crippen molar-refractivity contribution in [3.05, 3.63) is 93.2 Å². The summed E-state index contributed by atoms with van der Waals surface area (Å²) in [4.78, 5) is 28.9. The number of halogens is 1. The molecule has 3 aromatic carbocycles. The first-order valence-electron chi connectivity index (χ1n) is 9.74.